The minimum atomic E-state index is -1.29. The fourth-order valence-corrected chi connectivity index (χ4v) is 4.83. The Morgan fingerprint density at radius 3 is 2.55 bits per heavy atom. The van der Waals surface area contributed by atoms with E-state index in [1.165, 1.54) is 6.33 Å². The van der Waals surface area contributed by atoms with Crippen LogP contribution in [0.25, 0.3) is 0 Å². The fourth-order valence-electron chi connectivity index (χ4n) is 4.25. The molecule has 2 aromatic rings. The second-order valence-corrected chi connectivity index (χ2v) is 10.7. The summed E-state index contributed by atoms with van der Waals surface area (Å²) in [6.07, 6.45) is 4.51. The van der Waals surface area contributed by atoms with Gasteiger partial charge in [-0.2, -0.15) is 5.10 Å². The normalized spacial score (nSPS) is 17.3. The Bertz CT molecular complexity index is 927. The number of benzene rings is 1. The van der Waals surface area contributed by atoms with Gasteiger partial charge >= 0.3 is 6.09 Å². The number of nitrogens with zero attached hydrogens (tertiary/aromatic N) is 5. The maximum absolute atomic E-state index is 12.3. The predicted molar refractivity (Wildman–Crippen MR) is 128 cm³/mol. The fraction of sp³-hybridized carbons (Fsp3) is 0.609. The molecule has 1 atom stereocenters. The molecule has 1 N–H and O–H groups in total. The monoisotopic (exact) mass is 497 g/mol. The zero-order chi connectivity index (χ0) is 24.2. The van der Waals surface area contributed by atoms with Crippen LogP contribution in [0.3, 0.4) is 0 Å². The molecule has 1 aliphatic heterocycles. The minimum Gasteiger partial charge on any atom is -0.444 e. The van der Waals surface area contributed by atoms with Crippen molar-refractivity contribution in [3.63, 3.8) is 0 Å². The van der Waals surface area contributed by atoms with Gasteiger partial charge in [0.25, 0.3) is 0 Å². The summed E-state index contributed by atoms with van der Waals surface area (Å²) < 4.78 is 7.08. The third kappa shape index (κ3) is 7.30. The number of hydrogen-bond donors (Lipinski definition) is 1. The van der Waals surface area contributed by atoms with E-state index >= 15 is 0 Å². The van der Waals surface area contributed by atoms with Crippen molar-refractivity contribution in [2.45, 2.75) is 51.4 Å². The van der Waals surface area contributed by atoms with E-state index in [9.17, 15) is 9.90 Å². The summed E-state index contributed by atoms with van der Waals surface area (Å²) in [6, 6.07) is 5.12. The van der Waals surface area contributed by atoms with Gasteiger partial charge in [-0.05, 0) is 58.7 Å². The highest BCUT2D eigenvalue weighted by Gasteiger charge is 2.35. The van der Waals surface area contributed by atoms with Crippen molar-refractivity contribution in [2.75, 3.05) is 33.2 Å². The highest BCUT2D eigenvalue weighted by molar-refractivity contribution is 6.35. The molecular weight excluding hydrogens is 465 g/mol. The third-order valence-corrected chi connectivity index (χ3v) is 6.24. The topological polar surface area (TPSA) is 83.7 Å². The van der Waals surface area contributed by atoms with E-state index in [1.807, 2.05) is 27.8 Å². The van der Waals surface area contributed by atoms with Gasteiger partial charge in [0.05, 0.1) is 6.54 Å². The second kappa shape index (κ2) is 10.6. The number of ether oxygens (including phenoxy) is 1. The van der Waals surface area contributed by atoms with Crippen molar-refractivity contribution >= 4 is 29.3 Å². The van der Waals surface area contributed by atoms with Gasteiger partial charge < -0.3 is 19.6 Å². The molecule has 3 rings (SSSR count). The van der Waals surface area contributed by atoms with E-state index in [0.717, 1.165) is 19.4 Å². The molecule has 1 aliphatic rings. The number of amides is 1. The van der Waals surface area contributed by atoms with Crippen molar-refractivity contribution in [1.82, 2.24) is 24.6 Å². The van der Waals surface area contributed by atoms with Crippen LogP contribution < -0.4 is 0 Å². The molecule has 1 aromatic carbocycles. The van der Waals surface area contributed by atoms with Crippen LogP contribution in [0.1, 0.15) is 39.2 Å². The molecule has 0 radical (unpaired) electrons. The van der Waals surface area contributed by atoms with E-state index in [4.69, 9.17) is 27.9 Å². The van der Waals surface area contributed by atoms with E-state index in [2.05, 4.69) is 15.0 Å². The lowest BCUT2D eigenvalue weighted by Gasteiger charge is -2.37. The van der Waals surface area contributed by atoms with Crippen LogP contribution in [0, 0.1) is 5.92 Å². The second-order valence-electron chi connectivity index (χ2n) is 9.86. The van der Waals surface area contributed by atoms with Crippen LogP contribution >= 0.6 is 23.2 Å². The molecule has 1 saturated heterocycles. The summed E-state index contributed by atoms with van der Waals surface area (Å²) in [6.45, 7) is 8.29. The van der Waals surface area contributed by atoms with Crippen molar-refractivity contribution in [3.05, 3.63) is 46.5 Å². The average Bonchev–Trinajstić information content (AvgIpc) is 3.19. The molecular formula is C23H33Cl2N5O3. The van der Waals surface area contributed by atoms with Crippen LogP contribution in [-0.2, 0) is 16.9 Å². The first kappa shape index (κ1) is 25.7. The summed E-state index contributed by atoms with van der Waals surface area (Å²) in [5, 5.41) is 16.8. The van der Waals surface area contributed by atoms with Gasteiger partial charge in [0, 0.05) is 41.8 Å². The molecule has 0 aliphatic carbocycles. The lowest BCUT2D eigenvalue weighted by atomic mass is 9.91. The number of likely N-dealkylation sites (N-methyl/N-ethyl adjacent to an activating group) is 1. The number of piperidine rings is 1. The van der Waals surface area contributed by atoms with E-state index in [-0.39, 0.29) is 12.6 Å². The van der Waals surface area contributed by atoms with Crippen molar-refractivity contribution in [2.24, 2.45) is 5.92 Å². The summed E-state index contributed by atoms with van der Waals surface area (Å²) >= 11 is 12.5. The quantitative estimate of drug-likeness (QED) is 0.620. The first-order valence-electron chi connectivity index (χ1n) is 11.1. The van der Waals surface area contributed by atoms with Gasteiger partial charge in [-0.15, -0.1) is 0 Å². The molecule has 1 amide bonds. The van der Waals surface area contributed by atoms with Gasteiger partial charge in [-0.1, -0.05) is 29.3 Å². The molecule has 1 fully saturated rings. The summed E-state index contributed by atoms with van der Waals surface area (Å²) in [7, 11) is 1.98. The van der Waals surface area contributed by atoms with Crippen LogP contribution in [0.15, 0.2) is 30.9 Å². The van der Waals surface area contributed by atoms with Crippen molar-refractivity contribution in [3.8, 4) is 0 Å². The summed E-state index contributed by atoms with van der Waals surface area (Å²) in [5.41, 5.74) is -1.19. The first-order chi connectivity index (χ1) is 15.4. The average molecular weight is 498 g/mol. The number of aliphatic hydroxyl groups is 1. The molecule has 10 heteroatoms. The molecule has 8 nitrogen and oxygen atoms in total. The number of likely N-dealkylation sites (tertiary alicyclic amines) is 1. The molecule has 0 saturated carbocycles. The highest BCUT2D eigenvalue weighted by Crippen LogP contribution is 2.33. The van der Waals surface area contributed by atoms with E-state index < -0.39 is 11.2 Å². The molecule has 0 spiro atoms. The van der Waals surface area contributed by atoms with Crippen LogP contribution in [0.2, 0.25) is 10.0 Å². The van der Waals surface area contributed by atoms with Gasteiger partial charge in [-0.3, -0.25) is 0 Å². The Labute approximate surface area is 205 Å². The van der Waals surface area contributed by atoms with Crippen LogP contribution in [0.5, 0.6) is 0 Å². The number of aromatic nitrogens is 3. The number of carbonyl (C=O) groups excluding carboxylic acids is 1. The van der Waals surface area contributed by atoms with Gasteiger partial charge in [0.15, 0.2) is 0 Å². The zero-order valence-electron chi connectivity index (χ0n) is 19.7. The number of carbonyl (C=O) groups is 1. The lowest BCUT2D eigenvalue weighted by molar-refractivity contribution is -0.0183. The Morgan fingerprint density at radius 1 is 1.27 bits per heavy atom. The first-order valence-corrected chi connectivity index (χ1v) is 11.9. The van der Waals surface area contributed by atoms with Gasteiger partial charge in [0.1, 0.15) is 23.9 Å². The Balaban J connectivity index is 1.63. The zero-order valence-corrected chi connectivity index (χ0v) is 21.2. The summed E-state index contributed by atoms with van der Waals surface area (Å²) in [5.74, 6) is 0.407. The van der Waals surface area contributed by atoms with Crippen molar-refractivity contribution in [1.29, 1.82) is 0 Å². The van der Waals surface area contributed by atoms with Crippen LogP contribution in [0.4, 0.5) is 4.79 Å². The van der Waals surface area contributed by atoms with Crippen molar-refractivity contribution < 1.29 is 14.6 Å². The molecule has 182 valence electrons. The van der Waals surface area contributed by atoms with Gasteiger partial charge in [0.2, 0.25) is 0 Å². The smallest absolute Gasteiger partial charge is 0.410 e. The maximum atomic E-state index is 12.3. The number of hydrogen-bond acceptors (Lipinski definition) is 6. The van der Waals surface area contributed by atoms with E-state index in [1.54, 1.807) is 34.1 Å². The lowest BCUT2D eigenvalue weighted by Crippen LogP contribution is -2.46. The largest absolute Gasteiger partial charge is 0.444 e. The molecule has 0 bridgehead atoms. The number of rotatable bonds is 7. The van der Waals surface area contributed by atoms with Gasteiger partial charge in [-0.25, -0.2) is 14.5 Å². The Hall–Kier alpha value is -1.87. The minimum absolute atomic E-state index is 0.204. The predicted octanol–water partition coefficient (Wildman–Crippen LogP) is 4.05. The molecule has 1 aromatic heterocycles. The standard InChI is InChI=1S/C23H33Cl2N5O3/c1-22(2,3)33-21(31)29-9-7-17(8-10-29)12-28(4)13-23(32,14-30-16-26-15-27-30)19-6-5-18(24)11-20(19)25/h5-6,11,15-17,32H,7-10,12-14H2,1-4H3. The van der Waals surface area contributed by atoms with Crippen LogP contribution in [-0.4, -0.2) is 74.6 Å². The number of halogens is 2. The Kier molecular flexibility index (Phi) is 8.26. The third-order valence-electron chi connectivity index (χ3n) is 5.69. The molecule has 1 unspecified atom stereocenters. The maximum Gasteiger partial charge on any atom is 0.410 e. The highest BCUT2D eigenvalue weighted by atomic mass is 35.5. The molecule has 33 heavy (non-hydrogen) atoms. The van der Waals surface area contributed by atoms with E-state index in [0.29, 0.717) is 41.2 Å². The summed E-state index contributed by atoms with van der Waals surface area (Å²) in [4.78, 5) is 20.2. The Morgan fingerprint density at radius 2 is 1.97 bits per heavy atom. The molecule has 2 heterocycles. The SMILES string of the molecule is CN(CC1CCN(C(=O)OC(C)(C)C)CC1)CC(O)(Cn1cncn1)c1ccc(Cl)cc1Cl.